The second kappa shape index (κ2) is 16.6. The summed E-state index contributed by atoms with van der Waals surface area (Å²) >= 11 is 0. The molecule has 3 fully saturated rings. The first-order chi connectivity index (χ1) is 22.2. The first-order valence-electron chi connectivity index (χ1n) is 17.2. The van der Waals surface area contributed by atoms with Crippen molar-refractivity contribution in [2.75, 3.05) is 59.0 Å². The zero-order valence-corrected chi connectivity index (χ0v) is 29.6. The van der Waals surface area contributed by atoms with E-state index < -0.39 is 27.6 Å². The number of likely N-dealkylation sites (tertiary alicyclic amines) is 1. The number of hydrogen-bond donors (Lipinski definition) is 2. The first kappa shape index (κ1) is 37.1. The van der Waals surface area contributed by atoms with Gasteiger partial charge in [0.1, 0.15) is 11.6 Å². The fraction of sp³-hybridized carbons (Fsp3) is 0.735. The molecule has 264 valence electrons. The molecule has 0 aliphatic carbocycles. The summed E-state index contributed by atoms with van der Waals surface area (Å²) in [5, 5.41) is 2.79. The highest BCUT2D eigenvalue weighted by Gasteiger charge is 2.35. The second-order valence-electron chi connectivity index (χ2n) is 14.3. The number of piperidine rings is 2. The van der Waals surface area contributed by atoms with Crippen molar-refractivity contribution in [3.63, 3.8) is 0 Å². The van der Waals surface area contributed by atoms with Crippen LogP contribution in [0.2, 0.25) is 0 Å². The summed E-state index contributed by atoms with van der Waals surface area (Å²) in [7, 11) is -3.99. The second-order valence-corrected chi connectivity index (χ2v) is 16.0. The minimum atomic E-state index is -3.99. The number of ether oxygens (including phenoxy) is 2. The van der Waals surface area contributed by atoms with Crippen LogP contribution in [0.4, 0.5) is 4.79 Å². The molecule has 0 spiro atoms. The number of carbonyl (C=O) groups is 3. The Labute approximate surface area is 280 Å². The van der Waals surface area contributed by atoms with Gasteiger partial charge >= 0.3 is 12.1 Å². The van der Waals surface area contributed by atoms with Crippen LogP contribution in [0.3, 0.4) is 0 Å². The molecular weight excluding hydrogens is 622 g/mol. The van der Waals surface area contributed by atoms with E-state index in [1.54, 1.807) is 19.1 Å². The Morgan fingerprint density at radius 1 is 0.979 bits per heavy atom. The van der Waals surface area contributed by atoms with Gasteiger partial charge in [-0.15, -0.1) is 0 Å². The summed E-state index contributed by atoms with van der Waals surface area (Å²) in [6.45, 7) is 15.7. The number of aryl methyl sites for hydroxylation is 1. The third-order valence-electron chi connectivity index (χ3n) is 9.42. The Bertz CT molecular complexity index is 1310. The monoisotopic (exact) mass is 677 g/mol. The molecule has 3 saturated heterocycles. The molecule has 13 heteroatoms. The van der Waals surface area contributed by atoms with Crippen LogP contribution in [0.15, 0.2) is 29.2 Å². The van der Waals surface area contributed by atoms with Crippen molar-refractivity contribution in [2.24, 2.45) is 11.8 Å². The maximum absolute atomic E-state index is 13.0. The van der Waals surface area contributed by atoms with Gasteiger partial charge in [0.05, 0.1) is 11.5 Å². The fourth-order valence-electron chi connectivity index (χ4n) is 6.75. The quantitative estimate of drug-likeness (QED) is 0.320. The molecule has 3 aliphatic rings. The smallest absolute Gasteiger partial charge is 0.410 e. The number of fused-ring (bicyclic) bond motifs is 1. The third kappa shape index (κ3) is 11.4. The van der Waals surface area contributed by atoms with E-state index in [-0.39, 0.29) is 36.0 Å². The van der Waals surface area contributed by atoms with Crippen LogP contribution >= 0.6 is 0 Å². The highest BCUT2D eigenvalue weighted by molar-refractivity contribution is 7.89. The predicted octanol–water partition coefficient (Wildman–Crippen LogP) is 3.14. The number of rotatable bonds is 12. The van der Waals surface area contributed by atoms with E-state index in [1.807, 2.05) is 32.6 Å². The van der Waals surface area contributed by atoms with E-state index in [0.717, 1.165) is 83.5 Å². The normalized spacial score (nSPS) is 22.3. The average molecular weight is 678 g/mol. The maximum Gasteiger partial charge on any atom is 0.410 e. The van der Waals surface area contributed by atoms with Crippen molar-refractivity contribution in [3.8, 4) is 0 Å². The number of nitrogens with zero attached hydrogens (tertiary/aromatic N) is 3. The largest absolute Gasteiger partial charge is 0.465 e. The average Bonchev–Trinajstić information content (AvgIpc) is 3.01. The molecule has 0 saturated carbocycles. The van der Waals surface area contributed by atoms with Gasteiger partial charge in [-0.1, -0.05) is 17.7 Å². The lowest BCUT2D eigenvalue weighted by atomic mass is 9.86. The lowest BCUT2D eigenvalue weighted by Gasteiger charge is -2.46. The Morgan fingerprint density at radius 2 is 1.66 bits per heavy atom. The standard InChI is InChI=1S/C34H55N5O7S/c1-6-45-32(41)30(36-47(43,44)29-9-7-25(2)8-10-29)23-35-31(40)22-27-14-16-38-20-19-37(24-28(38)21-27)15-11-26-12-17-39(18-13-26)33(42)46-34(3,4)5/h7-10,26-28,30,36H,6,11-24H2,1-5H3,(H,35,40)/t27?,28-,30+/m1/s1. The van der Waals surface area contributed by atoms with Crippen LogP contribution in [0.25, 0.3) is 0 Å². The number of sulfonamides is 1. The van der Waals surface area contributed by atoms with Crippen LogP contribution in [0.5, 0.6) is 0 Å². The number of amides is 2. The molecule has 0 radical (unpaired) electrons. The molecule has 1 aromatic rings. The molecule has 3 atom stereocenters. The Morgan fingerprint density at radius 3 is 2.32 bits per heavy atom. The lowest BCUT2D eigenvalue weighted by molar-refractivity contribution is -0.145. The zero-order valence-electron chi connectivity index (χ0n) is 28.8. The summed E-state index contributed by atoms with van der Waals surface area (Å²) in [5.41, 5.74) is 0.440. The van der Waals surface area contributed by atoms with Gasteiger partial charge in [0.15, 0.2) is 0 Å². The van der Waals surface area contributed by atoms with Crippen LogP contribution in [-0.2, 0) is 29.1 Å². The molecular formula is C34H55N5O7S. The van der Waals surface area contributed by atoms with Crippen molar-refractivity contribution in [1.29, 1.82) is 0 Å². The first-order valence-corrected chi connectivity index (χ1v) is 18.7. The van der Waals surface area contributed by atoms with Crippen molar-refractivity contribution < 1.29 is 32.3 Å². The van der Waals surface area contributed by atoms with E-state index in [1.165, 1.54) is 12.1 Å². The zero-order chi connectivity index (χ0) is 34.2. The Kier molecular flexibility index (Phi) is 13.1. The van der Waals surface area contributed by atoms with Gasteiger partial charge < -0.3 is 24.6 Å². The van der Waals surface area contributed by atoms with E-state index in [4.69, 9.17) is 9.47 Å². The summed E-state index contributed by atoms with van der Waals surface area (Å²) in [6.07, 6.45) is 5.11. The van der Waals surface area contributed by atoms with E-state index in [2.05, 4.69) is 19.8 Å². The van der Waals surface area contributed by atoms with Gasteiger partial charge in [0.2, 0.25) is 15.9 Å². The number of esters is 1. The van der Waals surface area contributed by atoms with E-state index in [0.29, 0.717) is 18.4 Å². The molecule has 1 aromatic carbocycles. The Balaban J connectivity index is 1.20. The SMILES string of the molecule is CCOC(=O)[C@H](CNC(=O)CC1CCN2CCN(CCC3CCN(C(=O)OC(C)(C)C)CC3)C[C@H]2C1)NS(=O)(=O)c1ccc(C)cc1. The van der Waals surface area contributed by atoms with Crippen molar-refractivity contribution in [1.82, 2.24) is 24.7 Å². The summed E-state index contributed by atoms with van der Waals surface area (Å²) in [6, 6.07) is 5.50. The number of piperazine rings is 1. The fourth-order valence-corrected chi connectivity index (χ4v) is 7.93. The Hall–Kier alpha value is -2.74. The minimum absolute atomic E-state index is 0.0422. The number of benzene rings is 1. The van der Waals surface area contributed by atoms with Crippen LogP contribution in [0.1, 0.15) is 71.8 Å². The number of carbonyl (C=O) groups excluding carboxylic acids is 3. The molecule has 2 N–H and O–H groups in total. The van der Waals surface area contributed by atoms with E-state index >= 15 is 0 Å². The van der Waals surface area contributed by atoms with Crippen molar-refractivity contribution in [3.05, 3.63) is 29.8 Å². The number of hydrogen-bond acceptors (Lipinski definition) is 9. The topological polar surface area (TPSA) is 138 Å². The van der Waals surface area contributed by atoms with Gasteiger partial charge in [-0.2, -0.15) is 4.72 Å². The van der Waals surface area contributed by atoms with Gasteiger partial charge in [0.25, 0.3) is 0 Å². The van der Waals surface area contributed by atoms with Crippen molar-refractivity contribution in [2.45, 2.75) is 95.7 Å². The number of nitrogens with one attached hydrogen (secondary N) is 2. The lowest BCUT2D eigenvalue weighted by Crippen LogP contribution is -2.56. The van der Waals surface area contributed by atoms with Crippen LogP contribution in [0, 0.1) is 18.8 Å². The molecule has 0 bridgehead atoms. The van der Waals surface area contributed by atoms with Gasteiger partial charge in [-0.3, -0.25) is 14.5 Å². The summed E-state index contributed by atoms with van der Waals surface area (Å²) in [5.74, 6) is -0.0987. The molecule has 12 nitrogen and oxygen atoms in total. The minimum Gasteiger partial charge on any atom is -0.465 e. The van der Waals surface area contributed by atoms with Gasteiger partial charge in [-0.25, -0.2) is 13.2 Å². The third-order valence-corrected chi connectivity index (χ3v) is 10.9. The van der Waals surface area contributed by atoms with Crippen molar-refractivity contribution >= 4 is 28.0 Å². The summed E-state index contributed by atoms with van der Waals surface area (Å²) in [4.78, 5) is 45.0. The highest BCUT2D eigenvalue weighted by atomic mass is 32.2. The van der Waals surface area contributed by atoms with Gasteiger partial charge in [-0.05, 0) is 104 Å². The molecule has 4 rings (SSSR count). The highest BCUT2D eigenvalue weighted by Crippen LogP contribution is 2.29. The van der Waals surface area contributed by atoms with Crippen LogP contribution < -0.4 is 10.0 Å². The summed E-state index contributed by atoms with van der Waals surface area (Å²) < 4.78 is 38.9. The predicted molar refractivity (Wildman–Crippen MR) is 179 cm³/mol. The molecule has 3 aliphatic heterocycles. The molecule has 2 amide bonds. The molecule has 3 heterocycles. The maximum atomic E-state index is 13.0. The van der Waals surface area contributed by atoms with E-state index in [9.17, 15) is 22.8 Å². The molecule has 0 aromatic heterocycles. The van der Waals surface area contributed by atoms with Crippen LogP contribution in [-0.4, -0.2) is 118 Å². The molecule has 47 heavy (non-hydrogen) atoms. The molecule has 1 unspecified atom stereocenters. The van der Waals surface area contributed by atoms with Gasteiger partial charge in [0, 0.05) is 51.7 Å².